The van der Waals surface area contributed by atoms with E-state index in [0.717, 1.165) is 29.7 Å². The zero-order chi connectivity index (χ0) is 19.6. The second-order valence-electron chi connectivity index (χ2n) is 6.45. The monoisotopic (exact) mass is 368 g/mol. The van der Waals surface area contributed by atoms with Crippen LogP contribution in [-0.2, 0) is 16.1 Å². The van der Waals surface area contributed by atoms with E-state index in [2.05, 4.69) is 12.2 Å². The summed E-state index contributed by atoms with van der Waals surface area (Å²) < 4.78 is 5.19. The molecule has 0 aliphatic heterocycles. The maximum atomic E-state index is 12.9. The standard InChI is InChI=1S/C22H28N2O3/c1-4-5-15-23-22(26)21(19-9-7-6-8-10-19)24(17(2)25)16-18-11-13-20(27-3)14-12-18/h6-14,21H,4-5,15-16H2,1-3H3,(H,23,26). The Hall–Kier alpha value is -2.82. The minimum absolute atomic E-state index is 0.148. The Morgan fingerprint density at radius 2 is 1.74 bits per heavy atom. The van der Waals surface area contributed by atoms with Gasteiger partial charge in [-0.15, -0.1) is 0 Å². The van der Waals surface area contributed by atoms with Crippen molar-refractivity contribution in [2.45, 2.75) is 39.3 Å². The summed E-state index contributed by atoms with van der Waals surface area (Å²) >= 11 is 0. The van der Waals surface area contributed by atoms with Crippen LogP contribution in [0.25, 0.3) is 0 Å². The fraction of sp³-hybridized carbons (Fsp3) is 0.364. The van der Waals surface area contributed by atoms with Gasteiger partial charge in [-0.2, -0.15) is 0 Å². The smallest absolute Gasteiger partial charge is 0.247 e. The van der Waals surface area contributed by atoms with Gasteiger partial charge in [-0.05, 0) is 29.7 Å². The number of hydrogen-bond donors (Lipinski definition) is 1. The Morgan fingerprint density at radius 1 is 1.07 bits per heavy atom. The number of rotatable bonds is 9. The topological polar surface area (TPSA) is 58.6 Å². The Bertz CT molecular complexity index is 729. The molecule has 0 bridgehead atoms. The molecule has 0 aliphatic carbocycles. The number of carbonyl (C=O) groups is 2. The lowest BCUT2D eigenvalue weighted by Crippen LogP contribution is -2.42. The van der Waals surface area contributed by atoms with Crippen molar-refractivity contribution in [3.8, 4) is 5.75 Å². The number of amides is 2. The van der Waals surface area contributed by atoms with Crippen molar-refractivity contribution >= 4 is 11.8 Å². The van der Waals surface area contributed by atoms with Gasteiger partial charge in [-0.1, -0.05) is 55.8 Å². The minimum Gasteiger partial charge on any atom is -0.497 e. The van der Waals surface area contributed by atoms with E-state index in [1.165, 1.54) is 6.92 Å². The molecule has 0 radical (unpaired) electrons. The van der Waals surface area contributed by atoms with Crippen molar-refractivity contribution in [2.24, 2.45) is 0 Å². The highest BCUT2D eigenvalue weighted by molar-refractivity contribution is 5.88. The maximum absolute atomic E-state index is 12.9. The molecule has 144 valence electrons. The lowest BCUT2D eigenvalue weighted by molar-refractivity contribution is -0.140. The lowest BCUT2D eigenvalue weighted by Gasteiger charge is -2.30. The Balaban J connectivity index is 2.29. The van der Waals surface area contributed by atoms with Gasteiger partial charge < -0.3 is 15.0 Å². The van der Waals surface area contributed by atoms with Gasteiger partial charge in [0, 0.05) is 20.0 Å². The summed E-state index contributed by atoms with van der Waals surface area (Å²) in [6.45, 7) is 4.53. The average molecular weight is 368 g/mol. The van der Waals surface area contributed by atoms with Crippen molar-refractivity contribution < 1.29 is 14.3 Å². The molecule has 5 heteroatoms. The third-order valence-electron chi connectivity index (χ3n) is 4.42. The largest absolute Gasteiger partial charge is 0.497 e. The first kappa shape index (κ1) is 20.5. The van der Waals surface area contributed by atoms with Crippen LogP contribution in [0.5, 0.6) is 5.75 Å². The Labute approximate surface area is 161 Å². The van der Waals surface area contributed by atoms with E-state index >= 15 is 0 Å². The molecule has 0 aromatic heterocycles. The fourth-order valence-corrected chi connectivity index (χ4v) is 2.91. The van der Waals surface area contributed by atoms with Crippen molar-refractivity contribution in [2.75, 3.05) is 13.7 Å². The molecule has 2 rings (SSSR count). The molecule has 0 saturated carbocycles. The van der Waals surface area contributed by atoms with Crippen molar-refractivity contribution in [3.63, 3.8) is 0 Å². The van der Waals surface area contributed by atoms with Crippen LogP contribution >= 0.6 is 0 Å². The molecule has 2 aromatic carbocycles. The van der Waals surface area contributed by atoms with Gasteiger partial charge in [0.15, 0.2) is 0 Å². The van der Waals surface area contributed by atoms with E-state index in [9.17, 15) is 9.59 Å². The molecular formula is C22H28N2O3. The quantitative estimate of drug-likeness (QED) is 0.687. The molecule has 0 heterocycles. The number of ether oxygens (including phenoxy) is 1. The number of nitrogens with zero attached hydrogens (tertiary/aromatic N) is 1. The second-order valence-corrected chi connectivity index (χ2v) is 6.45. The highest BCUT2D eigenvalue weighted by atomic mass is 16.5. The molecule has 5 nitrogen and oxygen atoms in total. The first-order chi connectivity index (χ1) is 13.1. The van der Waals surface area contributed by atoms with Crippen LogP contribution in [0.3, 0.4) is 0 Å². The number of benzene rings is 2. The van der Waals surface area contributed by atoms with Crippen LogP contribution < -0.4 is 10.1 Å². The predicted molar refractivity (Wildman–Crippen MR) is 106 cm³/mol. The van der Waals surface area contributed by atoms with E-state index < -0.39 is 6.04 Å². The Morgan fingerprint density at radius 3 is 2.30 bits per heavy atom. The van der Waals surface area contributed by atoms with Crippen molar-refractivity contribution in [1.82, 2.24) is 10.2 Å². The van der Waals surface area contributed by atoms with Crippen LogP contribution in [0, 0.1) is 0 Å². The van der Waals surface area contributed by atoms with E-state index in [1.54, 1.807) is 12.0 Å². The van der Waals surface area contributed by atoms with Gasteiger partial charge in [-0.25, -0.2) is 0 Å². The van der Waals surface area contributed by atoms with Gasteiger partial charge in [0.2, 0.25) is 11.8 Å². The molecule has 2 aromatic rings. The molecule has 0 aliphatic rings. The summed E-state index contributed by atoms with van der Waals surface area (Å²) in [5.74, 6) is 0.453. The first-order valence-corrected chi connectivity index (χ1v) is 9.29. The van der Waals surface area contributed by atoms with Crippen LogP contribution in [0.15, 0.2) is 54.6 Å². The van der Waals surface area contributed by atoms with Gasteiger partial charge in [0.1, 0.15) is 11.8 Å². The highest BCUT2D eigenvalue weighted by Gasteiger charge is 2.29. The first-order valence-electron chi connectivity index (χ1n) is 9.29. The van der Waals surface area contributed by atoms with Crippen LogP contribution in [0.2, 0.25) is 0 Å². The molecule has 1 atom stereocenters. The molecule has 1 N–H and O–H groups in total. The Kier molecular flexibility index (Phi) is 7.86. The van der Waals surface area contributed by atoms with Crippen LogP contribution in [-0.4, -0.2) is 30.4 Å². The fourth-order valence-electron chi connectivity index (χ4n) is 2.91. The zero-order valence-electron chi connectivity index (χ0n) is 16.3. The molecule has 1 unspecified atom stereocenters. The van der Waals surface area contributed by atoms with E-state index in [-0.39, 0.29) is 11.8 Å². The SMILES string of the molecule is CCCCNC(=O)C(c1ccccc1)N(Cc1ccc(OC)cc1)C(C)=O. The average Bonchev–Trinajstić information content (AvgIpc) is 2.69. The van der Waals surface area contributed by atoms with Crippen LogP contribution in [0.4, 0.5) is 0 Å². The summed E-state index contributed by atoms with van der Waals surface area (Å²) in [5, 5.41) is 2.97. The van der Waals surface area contributed by atoms with Gasteiger partial charge in [0.25, 0.3) is 0 Å². The number of hydrogen-bond acceptors (Lipinski definition) is 3. The second kappa shape index (κ2) is 10.4. The molecule has 0 spiro atoms. The third kappa shape index (κ3) is 5.84. The molecule has 0 saturated heterocycles. The summed E-state index contributed by atoms with van der Waals surface area (Å²) in [6, 6.07) is 16.3. The maximum Gasteiger partial charge on any atom is 0.247 e. The van der Waals surface area contributed by atoms with Crippen molar-refractivity contribution in [1.29, 1.82) is 0 Å². The number of methoxy groups -OCH3 is 1. The van der Waals surface area contributed by atoms with Crippen molar-refractivity contribution in [3.05, 3.63) is 65.7 Å². The number of unbranched alkanes of at least 4 members (excludes halogenated alkanes) is 1. The third-order valence-corrected chi connectivity index (χ3v) is 4.42. The van der Waals surface area contributed by atoms with Crippen LogP contribution in [0.1, 0.15) is 43.9 Å². The number of carbonyl (C=O) groups excluding carboxylic acids is 2. The van der Waals surface area contributed by atoms with Gasteiger partial charge >= 0.3 is 0 Å². The zero-order valence-corrected chi connectivity index (χ0v) is 16.3. The lowest BCUT2D eigenvalue weighted by atomic mass is 10.0. The summed E-state index contributed by atoms with van der Waals surface area (Å²) in [5.41, 5.74) is 1.74. The molecular weight excluding hydrogens is 340 g/mol. The predicted octanol–water partition coefficient (Wildman–Crippen LogP) is 3.70. The van der Waals surface area contributed by atoms with E-state index in [1.807, 2.05) is 54.6 Å². The normalized spacial score (nSPS) is 11.5. The molecule has 0 fully saturated rings. The minimum atomic E-state index is -0.664. The summed E-state index contributed by atoms with van der Waals surface area (Å²) in [4.78, 5) is 27.0. The number of nitrogens with one attached hydrogen (secondary N) is 1. The van der Waals surface area contributed by atoms with Gasteiger partial charge in [-0.3, -0.25) is 9.59 Å². The van der Waals surface area contributed by atoms with E-state index in [4.69, 9.17) is 4.74 Å². The summed E-state index contributed by atoms with van der Waals surface area (Å²) in [6.07, 6.45) is 1.91. The van der Waals surface area contributed by atoms with Gasteiger partial charge in [0.05, 0.1) is 7.11 Å². The molecule has 27 heavy (non-hydrogen) atoms. The summed E-state index contributed by atoms with van der Waals surface area (Å²) in [7, 11) is 1.61. The highest BCUT2D eigenvalue weighted by Crippen LogP contribution is 2.24. The molecule has 2 amide bonds. The van der Waals surface area contributed by atoms with E-state index in [0.29, 0.717) is 13.1 Å².